The Labute approximate surface area is 125 Å². The highest BCUT2D eigenvalue weighted by atomic mass is 79.9. The predicted octanol–water partition coefficient (Wildman–Crippen LogP) is 2.78. The maximum absolute atomic E-state index is 5.89. The summed E-state index contributed by atoms with van der Waals surface area (Å²) in [6.07, 6.45) is 6.65. The molecule has 0 heterocycles. The van der Waals surface area contributed by atoms with Crippen LogP contribution < -0.4 is 0 Å². The van der Waals surface area contributed by atoms with Crippen LogP contribution in [0.25, 0.3) is 0 Å². The van der Waals surface area contributed by atoms with Gasteiger partial charge in [-0.3, -0.25) is 0 Å². The molecule has 0 amide bonds. The van der Waals surface area contributed by atoms with Crippen LogP contribution in [0.4, 0.5) is 0 Å². The van der Waals surface area contributed by atoms with Gasteiger partial charge in [0.05, 0.1) is 45.7 Å². The van der Waals surface area contributed by atoms with Crippen LogP contribution in [-0.2, 0) is 18.9 Å². The molecule has 0 aromatic heterocycles. The molecule has 19 heavy (non-hydrogen) atoms. The Bertz CT molecular complexity index is 204. The molecule has 4 nitrogen and oxygen atoms in total. The first-order valence-electron chi connectivity index (χ1n) is 7.24. The number of methoxy groups -OCH3 is 1. The van der Waals surface area contributed by atoms with E-state index < -0.39 is 0 Å². The topological polar surface area (TPSA) is 36.9 Å². The standard InChI is InChI=1S/C14H27BrO4/c1-16-7-8-17-9-10-18-11-12-19-14-6-4-2-3-5-13(14)15/h13-14H,2-12H2,1H3. The summed E-state index contributed by atoms with van der Waals surface area (Å²) in [6.45, 7) is 3.82. The average Bonchev–Trinajstić information content (AvgIpc) is 2.62. The number of hydrogen-bond acceptors (Lipinski definition) is 4. The number of alkyl halides is 1. The third-order valence-electron chi connectivity index (χ3n) is 3.24. The molecule has 0 aromatic rings. The fourth-order valence-electron chi connectivity index (χ4n) is 2.14. The van der Waals surface area contributed by atoms with Gasteiger partial charge in [-0.05, 0) is 12.8 Å². The Kier molecular flexibility index (Phi) is 11.1. The Morgan fingerprint density at radius 2 is 1.47 bits per heavy atom. The van der Waals surface area contributed by atoms with E-state index in [1.54, 1.807) is 7.11 Å². The molecule has 2 unspecified atom stereocenters. The van der Waals surface area contributed by atoms with Crippen LogP contribution in [-0.4, -0.2) is 57.7 Å². The molecule has 2 atom stereocenters. The van der Waals surface area contributed by atoms with Crippen LogP contribution in [0, 0.1) is 0 Å². The van der Waals surface area contributed by atoms with E-state index in [9.17, 15) is 0 Å². The lowest BCUT2D eigenvalue weighted by molar-refractivity contribution is -0.0176. The first-order chi connectivity index (χ1) is 9.34. The number of rotatable bonds is 10. The SMILES string of the molecule is COCCOCCOCCOC1CCCCCC1Br. The minimum Gasteiger partial charge on any atom is -0.382 e. The van der Waals surface area contributed by atoms with Crippen molar-refractivity contribution in [1.82, 2.24) is 0 Å². The molecule has 1 aliphatic carbocycles. The van der Waals surface area contributed by atoms with E-state index in [1.807, 2.05) is 0 Å². The number of ether oxygens (including phenoxy) is 4. The summed E-state index contributed by atoms with van der Waals surface area (Å²) in [6, 6.07) is 0. The van der Waals surface area contributed by atoms with Gasteiger partial charge in [0.25, 0.3) is 0 Å². The van der Waals surface area contributed by atoms with Gasteiger partial charge >= 0.3 is 0 Å². The maximum atomic E-state index is 5.89. The van der Waals surface area contributed by atoms with Crippen LogP contribution in [0.2, 0.25) is 0 Å². The molecule has 1 fully saturated rings. The van der Waals surface area contributed by atoms with Crippen molar-refractivity contribution in [3.63, 3.8) is 0 Å². The molecular formula is C14H27BrO4. The van der Waals surface area contributed by atoms with Gasteiger partial charge in [0, 0.05) is 11.9 Å². The summed E-state index contributed by atoms with van der Waals surface area (Å²) in [7, 11) is 1.67. The van der Waals surface area contributed by atoms with E-state index in [4.69, 9.17) is 18.9 Å². The fraction of sp³-hybridized carbons (Fsp3) is 1.00. The van der Waals surface area contributed by atoms with Crippen LogP contribution in [0.5, 0.6) is 0 Å². The second-order valence-electron chi connectivity index (χ2n) is 4.78. The van der Waals surface area contributed by atoms with E-state index in [2.05, 4.69) is 15.9 Å². The monoisotopic (exact) mass is 338 g/mol. The normalized spacial score (nSPS) is 24.3. The van der Waals surface area contributed by atoms with Crippen LogP contribution in [0.15, 0.2) is 0 Å². The van der Waals surface area contributed by atoms with Gasteiger partial charge in [-0.15, -0.1) is 0 Å². The molecule has 0 aliphatic heterocycles. The average molecular weight is 339 g/mol. The third-order valence-corrected chi connectivity index (χ3v) is 4.28. The van der Waals surface area contributed by atoms with Crippen molar-refractivity contribution in [1.29, 1.82) is 0 Å². The number of halogens is 1. The van der Waals surface area contributed by atoms with Gasteiger partial charge in [-0.1, -0.05) is 35.2 Å². The predicted molar refractivity (Wildman–Crippen MR) is 79.1 cm³/mol. The van der Waals surface area contributed by atoms with Crippen LogP contribution in [0.1, 0.15) is 32.1 Å². The zero-order chi connectivity index (χ0) is 13.8. The highest BCUT2D eigenvalue weighted by molar-refractivity contribution is 9.09. The van der Waals surface area contributed by atoms with Crippen molar-refractivity contribution >= 4 is 15.9 Å². The van der Waals surface area contributed by atoms with Gasteiger partial charge < -0.3 is 18.9 Å². The van der Waals surface area contributed by atoms with Crippen molar-refractivity contribution < 1.29 is 18.9 Å². The van der Waals surface area contributed by atoms with Crippen molar-refractivity contribution in [3.8, 4) is 0 Å². The Balaban J connectivity index is 1.89. The van der Waals surface area contributed by atoms with Gasteiger partial charge in [0.15, 0.2) is 0 Å². The van der Waals surface area contributed by atoms with E-state index in [0.29, 0.717) is 50.6 Å². The molecule has 5 heteroatoms. The minimum atomic E-state index is 0.351. The van der Waals surface area contributed by atoms with Crippen molar-refractivity contribution in [3.05, 3.63) is 0 Å². The highest BCUT2D eigenvalue weighted by Crippen LogP contribution is 2.25. The van der Waals surface area contributed by atoms with Crippen molar-refractivity contribution in [2.45, 2.75) is 43.0 Å². The molecule has 0 spiro atoms. The van der Waals surface area contributed by atoms with E-state index in [0.717, 1.165) is 6.42 Å². The second-order valence-corrected chi connectivity index (χ2v) is 5.96. The largest absolute Gasteiger partial charge is 0.382 e. The third kappa shape index (κ3) is 8.97. The first-order valence-corrected chi connectivity index (χ1v) is 8.16. The molecular weight excluding hydrogens is 312 g/mol. The fourth-order valence-corrected chi connectivity index (χ4v) is 2.88. The molecule has 0 aromatic carbocycles. The van der Waals surface area contributed by atoms with Crippen molar-refractivity contribution in [2.75, 3.05) is 46.8 Å². The molecule has 114 valence electrons. The van der Waals surface area contributed by atoms with Crippen molar-refractivity contribution in [2.24, 2.45) is 0 Å². The van der Waals surface area contributed by atoms with E-state index in [1.165, 1.54) is 25.7 Å². The van der Waals surface area contributed by atoms with Gasteiger partial charge in [0.1, 0.15) is 0 Å². The van der Waals surface area contributed by atoms with Crippen LogP contribution >= 0.6 is 15.9 Å². The summed E-state index contributed by atoms with van der Waals surface area (Å²) >= 11 is 3.73. The molecule has 1 saturated carbocycles. The van der Waals surface area contributed by atoms with Crippen LogP contribution in [0.3, 0.4) is 0 Å². The smallest absolute Gasteiger partial charge is 0.0704 e. The lowest BCUT2D eigenvalue weighted by Crippen LogP contribution is -2.25. The van der Waals surface area contributed by atoms with E-state index in [-0.39, 0.29) is 0 Å². The highest BCUT2D eigenvalue weighted by Gasteiger charge is 2.21. The number of hydrogen-bond donors (Lipinski definition) is 0. The Morgan fingerprint density at radius 1 is 0.842 bits per heavy atom. The molecule has 0 N–H and O–H groups in total. The molecule has 0 bridgehead atoms. The summed E-state index contributed by atoms with van der Waals surface area (Å²) in [4.78, 5) is 0.507. The lowest BCUT2D eigenvalue weighted by Gasteiger charge is -2.20. The Hall–Kier alpha value is 0.320. The van der Waals surface area contributed by atoms with Gasteiger partial charge in [-0.25, -0.2) is 0 Å². The summed E-state index contributed by atoms with van der Waals surface area (Å²) in [5, 5.41) is 0. The second kappa shape index (κ2) is 12.1. The minimum absolute atomic E-state index is 0.351. The zero-order valence-electron chi connectivity index (χ0n) is 11.9. The quantitative estimate of drug-likeness (QED) is 0.348. The summed E-state index contributed by atoms with van der Waals surface area (Å²) in [5.41, 5.74) is 0. The molecule has 0 radical (unpaired) electrons. The molecule has 0 saturated heterocycles. The lowest BCUT2D eigenvalue weighted by atomic mass is 10.1. The van der Waals surface area contributed by atoms with E-state index >= 15 is 0 Å². The zero-order valence-corrected chi connectivity index (χ0v) is 13.5. The molecule has 1 aliphatic rings. The first kappa shape index (κ1) is 17.4. The van der Waals surface area contributed by atoms with Gasteiger partial charge in [-0.2, -0.15) is 0 Å². The Morgan fingerprint density at radius 3 is 2.21 bits per heavy atom. The van der Waals surface area contributed by atoms with Gasteiger partial charge in [0.2, 0.25) is 0 Å². The summed E-state index contributed by atoms with van der Waals surface area (Å²) < 4.78 is 21.5. The summed E-state index contributed by atoms with van der Waals surface area (Å²) in [5.74, 6) is 0. The molecule has 1 rings (SSSR count). The maximum Gasteiger partial charge on any atom is 0.0704 e.